The lowest BCUT2D eigenvalue weighted by molar-refractivity contribution is 0.590. The van der Waals surface area contributed by atoms with E-state index >= 15 is 0 Å². The van der Waals surface area contributed by atoms with Crippen molar-refractivity contribution in [1.82, 2.24) is 5.32 Å². The van der Waals surface area contributed by atoms with E-state index in [0.717, 1.165) is 6.54 Å². The third-order valence-corrected chi connectivity index (χ3v) is 3.77. The number of hydrogen-bond donors (Lipinski definition) is 2. The van der Waals surface area contributed by atoms with Crippen LogP contribution in [0.4, 0.5) is 0 Å². The summed E-state index contributed by atoms with van der Waals surface area (Å²) in [6, 6.07) is 11.1. The van der Waals surface area contributed by atoms with Gasteiger partial charge in [-0.3, -0.25) is 0 Å². The van der Waals surface area contributed by atoms with Crippen molar-refractivity contribution in [1.29, 1.82) is 0 Å². The Bertz CT molecular complexity index is 403. The second kappa shape index (κ2) is 4.75. The Kier molecular flexibility index (Phi) is 3.36. The van der Waals surface area contributed by atoms with Crippen LogP contribution >= 0.6 is 11.3 Å². The molecule has 1 heterocycles. The van der Waals surface area contributed by atoms with Crippen LogP contribution in [-0.4, -0.2) is 13.1 Å². The molecule has 0 aliphatic rings. The quantitative estimate of drug-likeness (QED) is 0.831. The summed E-state index contributed by atoms with van der Waals surface area (Å²) in [5.74, 6) is 0. The number of thiophene rings is 1. The number of hydrogen-bond acceptors (Lipinski definition) is 3. The Labute approximate surface area is 94.1 Å². The third-order valence-electron chi connectivity index (χ3n) is 2.47. The van der Waals surface area contributed by atoms with Gasteiger partial charge in [0.2, 0.25) is 0 Å². The monoisotopic (exact) mass is 220 g/mol. The van der Waals surface area contributed by atoms with Gasteiger partial charge in [-0.25, -0.2) is 0 Å². The molecule has 3 N–H and O–H groups in total. The van der Waals surface area contributed by atoms with E-state index in [0.29, 0.717) is 12.6 Å². The van der Waals surface area contributed by atoms with Crippen LogP contribution in [0.1, 0.15) is 17.8 Å². The summed E-state index contributed by atoms with van der Waals surface area (Å²) in [6.45, 7) is 3.74. The van der Waals surface area contributed by atoms with Gasteiger partial charge in [0.15, 0.2) is 0 Å². The highest BCUT2D eigenvalue weighted by molar-refractivity contribution is 7.19. The van der Waals surface area contributed by atoms with Crippen molar-refractivity contribution in [2.24, 2.45) is 5.73 Å². The van der Waals surface area contributed by atoms with Gasteiger partial charge in [-0.2, -0.15) is 0 Å². The van der Waals surface area contributed by atoms with Crippen molar-refractivity contribution in [2.75, 3.05) is 13.1 Å². The fourth-order valence-electron chi connectivity index (χ4n) is 1.62. The lowest BCUT2D eigenvalue weighted by atomic mass is 10.2. The molecule has 80 valence electrons. The molecule has 2 nitrogen and oxygen atoms in total. The van der Waals surface area contributed by atoms with E-state index < -0.39 is 0 Å². The van der Waals surface area contributed by atoms with Gasteiger partial charge in [0, 0.05) is 28.7 Å². The van der Waals surface area contributed by atoms with Gasteiger partial charge >= 0.3 is 0 Å². The maximum atomic E-state index is 5.47. The maximum Gasteiger partial charge on any atom is 0.0386 e. The van der Waals surface area contributed by atoms with Crippen LogP contribution in [0.25, 0.3) is 10.1 Å². The highest BCUT2D eigenvalue weighted by Gasteiger charge is 2.07. The molecule has 2 aromatic rings. The van der Waals surface area contributed by atoms with Crippen LogP contribution in [0.15, 0.2) is 30.3 Å². The van der Waals surface area contributed by atoms with E-state index in [4.69, 9.17) is 5.73 Å². The highest BCUT2D eigenvalue weighted by Crippen LogP contribution is 2.29. The van der Waals surface area contributed by atoms with Gasteiger partial charge in [-0.15, -0.1) is 11.3 Å². The summed E-state index contributed by atoms with van der Waals surface area (Å²) in [7, 11) is 0. The van der Waals surface area contributed by atoms with Crippen molar-refractivity contribution < 1.29 is 0 Å². The first-order chi connectivity index (χ1) is 7.31. The fourth-order valence-corrected chi connectivity index (χ4v) is 2.71. The van der Waals surface area contributed by atoms with Crippen molar-refractivity contribution >= 4 is 21.4 Å². The Morgan fingerprint density at radius 2 is 2.20 bits per heavy atom. The molecule has 15 heavy (non-hydrogen) atoms. The summed E-state index contributed by atoms with van der Waals surface area (Å²) in [5, 5.41) is 4.73. The zero-order valence-corrected chi connectivity index (χ0v) is 9.68. The van der Waals surface area contributed by atoms with Gasteiger partial charge < -0.3 is 11.1 Å². The first-order valence-corrected chi connectivity index (χ1v) is 6.05. The van der Waals surface area contributed by atoms with E-state index in [-0.39, 0.29) is 0 Å². The van der Waals surface area contributed by atoms with Crippen molar-refractivity contribution in [3.8, 4) is 0 Å². The number of benzene rings is 1. The average molecular weight is 220 g/mol. The number of nitrogens with one attached hydrogen (secondary N) is 1. The third kappa shape index (κ3) is 2.37. The zero-order chi connectivity index (χ0) is 10.7. The van der Waals surface area contributed by atoms with E-state index in [1.807, 2.05) is 11.3 Å². The van der Waals surface area contributed by atoms with Crippen LogP contribution in [0, 0.1) is 0 Å². The van der Waals surface area contributed by atoms with Gasteiger partial charge in [-0.05, 0) is 24.4 Å². The van der Waals surface area contributed by atoms with Gasteiger partial charge in [0.1, 0.15) is 0 Å². The Morgan fingerprint density at radius 1 is 1.40 bits per heavy atom. The number of fused-ring (bicyclic) bond motifs is 1. The smallest absolute Gasteiger partial charge is 0.0386 e. The molecule has 0 radical (unpaired) electrons. The minimum atomic E-state index is 0.394. The van der Waals surface area contributed by atoms with Gasteiger partial charge in [-0.1, -0.05) is 18.2 Å². The molecule has 0 aliphatic heterocycles. The topological polar surface area (TPSA) is 38.0 Å². The lowest BCUT2D eigenvalue weighted by Gasteiger charge is -2.10. The van der Waals surface area contributed by atoms with Gasteiger partial charge in [0.05, 0.1) is 0 Å². The first kappa shape index (κ1) is 10.6. The van der Waals surface area contributed by atoms with E-state index in [1.165, 1.54) is 15.0 Å². The van der Waals surface area contributed by atoms with Crippen molar-refractivity contribution in [3.05, 3.63) is 35.2 Å². The molecule has 1 aromatic heterocycles. The average Bonchev–Trinajstić information content (AvgIpc) is 2.69. The van der Waals surface area contributed by atoms with Crippen molar-refractivity contribution in [2.45, 2.75) is 13.0 Å². The summed E-state index contributed by atoms with van der Waals surface area (Å²) >= 11 is 1.85. The first-order valence-electron chi connectivity index (χ1n) is 5.23. The standard InChI is InChI=1S/C12H16N2S/c1-9(14-7-6-13)12-8-10-4-2-3-5-11(10)15-12/h2-5,8-9,14H,6-7,13H2,1H3. The van der Waals surface area contributed by atoms with Crippen LogP contribution in [0.5, 0.6) is 0 Å². The van der Waals surface area contributed by atoms with Crippen LogP contribution in [0.2, 0.25) is 0 Å². The molecule has 0 aliphatic carbocycles. The summed E-state index contributed by atoms with van der Waals surface area (Å²) < 4.78 is 1.36. The molecule has 2 rings (SSSR count). The molecule has 1 atom stereocenters. The zero-order valence-electron chi connectivity index (χ0n) is 8.86. The molecule has 0 saturated heterocycles. The van der Waals surface area contributed by atoms with Crippen LogP contribution in [0.3, 0.4) is 0 Å². The predicted molar refractivity (Wildman–Crippen MR) is 67.3 cm³/mol. The van der Waals surface area contributed by atoms with E-state index in [9.17, 15) is 0 Å². The molecular weight excluding hydrogens is 204 g/mol. The Balaban J connectivity index is 2.20. The van der Waals surface area contributed by atoms with Gasteiger partial charge in [0.25, 0.3) is 0 Å². The molecule has 0 fully saturated rings. The minimum Gasteiger partial charge on any atom is -0.329 e. The summed E-state index contributed by atoms with van der Waals surface area (Å²) in [6.07, 6.45) is 0. The lowest BCUT2D eigenvalue weighted by Crippen LogP contribution is -2.24. The Hall–Kier alpha value is -0.900. The SMILES string of the molecule is CC(NCCN)c1cc2ccccc2s1. The molecule has 1 unspecified atom stereocenters. The summed E-state index contributed by atoms with van der Waals surface area (Å²) in [4.78, 5) is 1.38. The molecule has 0 spiro atoms. The van der Waals surface area contributed by atoms with Crippen LogP contribution < -0.4 is 11.1 Å². The van der Waals surface area contributed by atoms with Crippen LogP contribution in [-0.2, 0) is 0 Å². The molecule has 0 saturated carbocycles. The van der Waals surface area contributed by atoms with Crippen molar-refractivity contribution in [3.63, 3.8) is 0 Å². The number of rotatable bonds is 4. The fraction of sp³-hybridized carbons (Fsp3) is 0.333. The molecular formula is C12H16N2S. The molecule has 3 heteroatoms. The Morgan fingerprint density at radius 3 is 2.93 bits per heavy atom. The van der Waals surface area contributed by atoms with E-state index in [1.54, 1.807) is 0 Å². The normalized spacial score (nSPS) is 13.2. The largest absolute Gasteiger partial charge is 0.329 e. The minimum absolute atomic E-state index is 0.394. The maximum absolute atomic E-state index is 5.47. The molecule has 0 amide bonds. The molecule has 1 aromatic carbocycles. The second-order valence-electron chi connectivity index (χ2n) is 3.65. The second-order valence-corrected chi connectivity index (χ2v) is 4.77. The summed E-state index contributed by atoms with van der Waals surface area (Å²) in [5.41, 5.74) is 5.47. The number of nitrogens with two attached hydrogens (primary N) is 1. The molecule has 0 bridgehead atoms. The highest BCUT2D eigenvalue weighted by atomic mass is 32.1. The van der Waals surface area contributed by atoms with E-state index in [2.05, 4.69) is 42.6 Å². The predicted octanol–water partition coefficient (Wildman–Crippen LogP) is 2.51.